The van der Waals surface area contributed by atoms with E-state index in [1.165, 1.54) is 6.42 Å². The Kier molecular flexibility index (Phi) is 3.68. The number of anilines is 2. The number of hydrogen-bond acceptors (Lipinski definition) is 6. The quantitative estimate of drug-likeness (QED) is 0.617. The third-order valence-electron chi connectivity index (χ3n) is 3.18. The molecule has 1 saturated heterocycles. The second kappa shape index (κ2) is 5.07. The molecule has 0 aromatic carbocycles. The lowest BCUT2D eigenvalue weighted by atomic mass is 9.93. The van der Waals surface area contributed by atoms with E-state index in [2.05, 4.69) is 34.1 Å². The van der Waals surface area contributed by atoms with Gasteiger partial charge in [-0.05, 0) is 11.8 Å². The van der Waals surface area contributed by atoms with Crippen LogP contribution in [0.25, 0.3) is 0 Å². The van der Waals surface area contributed by atoms with Gasteiger partial charge < -0.3 is 15.1 Å². The number of rotatable bonds is 4. The average Bonchev–Trinajstić information content (AvgIpc) is 2.70. The minimum atomic E-state index is 0.336. The van der Waals surface area contributed by atoms with Crippen molar-refractivity contribution in [3.63, 3.8) is 0 Å². The normalized spacial score (nSPS) is 18.1. The first kappa shape index (κ1) is 13.0. The molecule has 1 fully saturated rings. The summed E-state index contributed by atoms with van der Waals surface area (Å²) in [5.41, 5.74) is 2.91. The van der Waals surface area contributed by atoms with Crippen molar-refractivity contribution in [2.45, 2.75) is 26.9 Å². The maximum absolute atomic E-state index is 5.44. The predicted molar refractivity (Wildman–Crippen MR) is 71.2 cm³/mol. The number of hydrogen-bond donors (Lipinski definition) is 2. The zero-order valence-corrected chi connectivity index (χ0v) is 11.2. The molecule has 0 radical (unpaired) electrons. The van der Waals surface area contributed by atoms with Crippen molar-refractivity contribution in [1.82, 2.24) is 9.97 Å². The summed E-state index contributed by atoms with van der Waals surface area (Å²) in [4.78, 5) is 11.0. The van der Waals surface area contributed by atoms with Gasteiger partial charge in [-0.1, -0.05) is 13.8 Å². The summed E-state index contributed by atoms with van der Waals surface area (Å²) >= 11 is 0. The maximum atomic E-state index is 5.44. The molecule has 100 valence electrons. The highest BCUT2D eigenvalue weighted by Crippen LogP contribution is 2.32. The average molecular weight is 251 g/mol. The molecule has 0 unspecified atom stereocenters. The van der Waals surface area contributed by atoms with Gasteiger partial charge in [-0.15, -0.1) is 0 Å². The van der Waals surface area contributed by atoms with E-state index in [9.17, 15) is 0 Å². The SMILES string of the molecule is COCc1nc(NN)cc(N2CCC(C)(C)C2)n1. The molecule has 1 aromatic rings. The second-order valence-electron chi connectivity index (χ2n) is 5.44. The van der Waals surface area contributed by atoms with Crippen LogP contribution in [-0.2, 0) is 11.3 Å². The molecular formula is C12H21N5O. The molecule has 1 aromatic heterocycles. The summed E-state index contributed by atoms with van der Waals surface area (Å²) in [7, 11) is 1.63. The van der Waals surface area contributed by atoms with Crippen molar-refractivity contribution < 1.29 is 4.74 Å². The summed E-state index contributed by atoms with van der Waals surface area (Å²) in [6, 6.07) is 1.88. The molecule has 6 nitrogen and oxygen atoms in total. The predicted octanol–water partition coefficient (Wildman–Crippen LogP) is 1.14. The van der Waals surface area contributed by atoms with Crippen LogP contribution in [0, 0.1) is 5.41 Å². The van der Waals surface area contributed by atoms with Gasteiger partial charge >= 0.3 is 0 Å². The molecule has 0 atom stereocenters. The van der Waals surface area contributed by atoms with E-state index < -0.39 is 0 Å². The van der Waals surface area contributed by atoms with Crippen molar-refractivity contribution in [2.75, 3.05) is 30.5 Å². The summed E-state index contributed by atoms with van der Waals surface area (Å²) in [6.45, 7) is 6.94. The topological polar surface area (TPSA) is 76.3 Å². The molecule has 0 amide bonds. The number of hydrazine groups is 1. The Morgan fingerprint density at radius 2 is 2.28 bits per heavy atom. The van der Waals surface area contributed by atoms with Gasteiger partial charge in [0.15, 0.2) is 5.82 Å². The highest BCUT2D eigenvalue weighted by atomic mass is 16.5. The number of nitrogens with zero attached hydrogens (tertiary/aromatic N) is 3. The Bertz CT molecular complexity index is 421. The van der Waals surface area contributed by atoms with E-state index in [-0.39, 0.29) is 0 Å². The Hall–Kier alpha value is -1.40. The van der Waals surface area contributed by atoms with Crippen molar-refractivity contribution in [3.05, 3.63) is 11.9 Å². The molecule has 0 bridgehead atoms. The largest absolute Gasteiger partial charge is 0.377 e. The minimum Gasteiger partial charge on any atom is -0.377 e. The molecule has 0 aliphatic carbocycles. The van der Waals surface area contributed by atoms with Gasteiger partial charge in [0.2, 0.25) is 0 Å². The first-order valence-corrected chi connectivity index (χ1v) is 6.12. The Morgan fingerprint density at radius 1 is 1.50 bits per heavy atom. The van der Waals surface area contributed by atoms with E-state index >= 15 is 0 Å². The van der Waals surface area contributed by atoms with E-state index in [1.807, 2.05) is 6.07 Å². The number of nitrogens with one attached hydrogen (secondary N) is 1. The first-order chi connectivity index (χ1) is 8.54. The van der Waals surface area contributed by atoms with Crippen LogP contribution in [0.3, 0.4) is 0 Å². The van der Waals surface area contributed by atoms with E-state index in [1.54, 1.807) is 7.11 Å². The maximum Gasteiger partial charge on any atom is 0.158 e. The van der Waals surface area contributed by atoms with Crippen molar-refractivity contribution in [3.8, 4) is 0 Å². The van der Waals surface area contributed by atoms with Crippen LogP contribution in [0.15, 0.2) is 6.07 Å². The molecule has 1 aliphatic rings. The second-order valence-corrected chi connectivity index (χ2v) is 5.44. The lowest BCUT2D eigenvalue weighted by molar-refractivity contribution is 0.178. The van der Waals surface area contributed by atoms with Crippen molar-refractivity contribution in [1.29, 1.82) is 0 Å². The minimum absolute atomic E-state index is 0.336. The Labute approximate surface area is 108 Å². The molecule has 0 spiro atoms. The molecular weight excluding hydrogens is 230 g/mol. The monoisotopic (exact) mass is 251 g/mol. The van der Waals surface area contributed by atoms with Gasteiger partial charge in [0.05, 0.1) is 0 Å². The van der Waals surface area contributed by atoms with E-state index in [0.29, 0.717) is 23.7 Å². The number of nitrogens with two attached hydrogens (primary N) is 1. The van der Waals surface area contributed by atoms with E-state index in [4.69, 9.17) is 10.6 Å². The van der Waals surface area contributed by atoms with Crippen LogP contribution in [0.1, 0.15) is 26.1 Å². The van der Waals surface area contributed by atoms with Gasteiger partial charge in [-0.2, -0.15) is 0 Å². The summed E-state index contributed by atoms with van der Waals surface area (Å²) in [5, 5.41) is 0. The molecule has 18 heavy (non-hydrogen) atoms. The number of nitrogen functional groups attached to an aromatic ring is 1. The smallest absolute Gasteiger partial charge is 0.158 e. The van der Waals surface area contributed by atoms with Crippen LogP contribution in [0.4, 0.5) is 11.6 Å². The number of aromatic nitrogens is 2. The highest BCUT2D eigenvalue weighted by molar-refractivity contribution is 5.49. The summed E-state index contributed by atoms with van der Waals surface area (Å²) in [6.07, 6.45) is 1.17. The number of methoxy groups -OCH3 is 1. The van der Waals surface area contributed by atoms with Crippen LogP contribution in [0.2, 0.25) is 0 Å². The summed E-state index contributed by atoms with van der Waals surface area (Å²) in [5.74, 6) is 7.62. The molecule has 2 heterocycles. The van der Waals surface area contributed by atoms with E-state index in [0.717, 1.165) is 18.9 Å². The molecule has 3 N–H and O–H groups in total. The third-order valence-corrected chi connectivity index (χ3v) is 3.18. The Morgan fingerprint density at radius 3 is 2.83 bits per heavy atom. The fourth-order valence-corrected chi connectivity index (χ4v) is 2.22. The van der Waals surface area contributed by atoms with Crippen LogP contribution in [0.5, 0.6) is 0 Å². The zero-order chi connectivity index (χ0) is 13.2. The third kappa shape index (κ3) is 2.88. The van der Waals surface area contributed by atoms with Gasteiger partial charge in [-0.25, -0.2) is 15.8 Å². The van der Waals surface area contributed by atoms with Gasteiger partial charge in [-0.3, -0.25) is 0 Å². The van der Waals surface area contributed by atoms with Gasteiger partial charge in [0, 0.05) is 26.3 Å². The lowest BCUT2D eigenvalue weighted by Crippen LogP contribution is -2.24. The Balaban J connectivity index is 2.24. The van der Waals surface area contributed by atoms with Gasteiger partial charge in [0.1, 0.15) is 18.2 Å². The lowest BCUT2D eigenvalue weighted by Gasteiger charge is -2.21. The van der Waals surface area contributed by atoms with Crippen LogP contribution >= 0.6 is 0 Å². The number of ether oxygens (including phenoxy) is 1. The standard InChI is InChI=1S/C12H21N5O/c1-12(2)4-5-17(8-12)11-6-9(16-13)14-10(15-11)7-18-3/h6H,4-5,7-8,13H2,1-3H3,(H,14,15,16). The molecule has 1 aliphatic heterocycles. The van der Waals surface area contributed by atoms with Crippen LogP contribution in [-0.4, -0.2) is 30.2 Å². The molecule has 0 saturated carbocycles. The summed E-state index contributed by atoms with van der Waals surface area (Å²) < 4.78 is 5.07. The van der Waals surface area contributed by atoms with Crippen molar-refractivity contribution in [2.24, 2.45) is 11.3 Å². The fourth-order valence-electron chi connectivity index (χ4n) is 2.22. The highest BCUT2D eigenvalue weighted by Gasteiger charge is 2.30. The van der Waals surface area contributed by atoms with Crippen LogP contribution < -0.4 is 16.2 Å². The molecule has 6 heteroatoms. The first-order valence-electron chi connectivity index (χ1n) is 6.12. The fraction of sp³-hybridized carbons (Fsp3) is 0.667. The molecule has 2 rings (SSSR count). The van der Waals surface area contributed by atoms with Crippen molar-refractivity contribution >= 4 is 11.6 Å². The van der Waals surface area contributed by atoms with Gasteiger partial charge in [0.25, 0.3) is 0 Å². The zero-order valence-electron chi connectivity index (χ0n) is 11.2.